The predicted molar refractivity (Wildman–Crippen MR) is 128 cm³/mol. The Morgan fingerprint density at radius 1 is 1.06 bits per heavy atom. The summed E-state index contributed by atoms with van der Waals surface area (Å²) in [5.41, 5.74) is 3.32. The van der Waals surface area contributed by atoms with Gasteiger partial charge in [0.1, 0.15) is 18.2 Å². The molecule has 1 fully saturated rings. The van der Waals surface area contributed by atoms with Gasteiger partial charge in [-0.25, -0.2) is 4.79 Å². The summed E-state index contributed by atoms with van der Waals surface area (Å²) in [6, 6.07) is 15.4. The molecule has 0 spiro atoms. The highest BCUT2D eigenvalue weighted by Crippen LogP contribution is 2.44. The van der Waals surface area contributed by atoms with Crippen molar-refractivity contribution < 1.29 is 24.2 Å². The van der Waals surface area contributed by atoms with Crippen molar-refractivity contribution in [1.29, 1.82) is 0 Å². The molecule has 2 N–H and O–H groups in total. The molecular formula is C26H31N3O5. The molecule has 0 aromatic heterocycles. The number of alkyl carbamates (subject to hydrolysis) is 1. The Hall–Kier alpha value is -3.39. The fourth-order valence-electron chi connectivity index (χ4n) is 4.83. The minimum Gasteiger partial charge on any atom is -0.480 e. The molecule has 1 saturated heterocycles. The van der Waals surface area contributed by atoms with Crippen molar-refractivity contribution in [1.82, 2.24) is 15.1 Å². The van der Waals surface area contributed by atoms with Gasteiger partial charge < -0.3 is 20.1 Å². The zero-order chi connectivity index (χ0) is 24.5. The molecular weight excluding hydrogens is 434 g/mol. The predicted octanol–water partition coefficient (Wildman–Crippen LogP) is 2.92. The van der Waals surface area contributed by atoms with Crippen LogP contribution >= 0.6 is 0 Å². The number of carboxylic acids is 1. The van der Waals surface area contributed by atoms with E-state index in [0.717, 1.165) is 22.3 Å². The molecule has 2 atom stereocenters. The molecule has 180 valence electrons. The van der Waals surface area contributed by atoms with Crippen molar-refractivity contribution in [3.8, 4) is 11.1 Å². The highest BCUT2D eigenvalue weighted by atomic mass is 16.5. The van der Waals surface area contributed by atoms with Gasteiger partial charge in [0.2, 0.25) is 5.91 Å². The number of hydrogen-bond donors (Lipinski definition) is 2. The fraction of sp³-hybridized carbons (Fsp3) is 0.423. The number of hydrogen-bond acceptors (Lipinski definition) is 5. The van der Waals surface area contributed by atoms with Crippen LogP contribution in [0, 0.1) is 0 Å². The van der Waals surface area contributed by atoms with Gasteiger partial charge in [-0.15, -0.1) is 0 Å². The van der Waals surface area contributed by atoms with Crippen LogP contribution in [0.15, 0.2) is 48.5 Å². The van der Waals surface area contributed by atoms with Crippen molar-refractivity contribution in [2.45, 2.75) is 37.8 Å². The third-order valence-corrected chi connectivity index (χ3v) is 7.12. The molecule has 8 nitrogen and oxygen atoms in total. The molecule has 2 amide bonds. The molecule has 2 aliphatic rings. The third kappa shape index (κ3) is 4.37. The second-order valence-corrected chi connectivity index (χ2v) is 9.22. The summed E-state index contributed by atoms with van der Waals surface area (Å²) in [5, 5.41) is 12.2. The van der Waals surface area contributed by atoms with Crippen LogP contribution < -0.4 is 5.32 Å². The number of carbonyl (C=O) groups is 3. The lowest BCUT2D eigenvalue weighted by atomic mass is 9.96. The Balaban J connectivity index is 1.43. The van der Waals surface area contributed by atoms with Gasteiger partial charge in [-0.05, 0) is 42.6 Å². The van der Waals surface area contributed by atoms with Gasteiger partial charge in [0.15, 0.2) is 0 Å². The van der Waals surface area contributed by atoms with E-state index in [-0.39, 0.29) is 25.0 Å². The largest absolute Gasteiger partial charge is 0.480 e. The molecule has 2 aromatic carbocycles. The zero-order valence-electron chi connectivity index (χ0n) is 19.8. The first-order valence-corrected chi connectivity index (χ1v) is 11.6. The summed E-state index contributed by atoms with van der Waals surface area (Å²) < 4.78 is 5.63. The van der Waals surface area contributed by atoms with Crippen molar-refractivity contribution in [2.24, 2.45) is 0 Å². The van der Waals surface area contributed by atoms with Gasteiger partial charge in [0, 0.05) is 25.6 Å². The molecule has 0 bridgehead atoms. The average Bonchev–Trinajstić information content (AvgIpc) is 3.16. The van der Waals surface area contributed by atoms with Gasteiger partial charge in [0.25, 0.3) is 0 Å². The molecule has 1 heterocycles. The number of carbonyl (C=O) groups excluding carboxylic acids is 2. The van der Waals surface area contributed by atoms with Crippen LogP contribution in [0.3, 0.4) is 0 Å². The number of amides is 2. The van der Waals surface area contributed by atoms with Crippen molar-refractivity contribution >= 4 is 18.0 Å². The number of ether oxygens (including phenoxy) is 1. The Morgan fingerprint density at radius 3 is 2.21 bits per heavy atom. The Kier molecular flexibility index (Phi) is 6.61. The number of piperazine rings is 1. The lowest BCUT2D eigenvalue weighted by Gasteiger charge is -2.41. The summed E-state index contributed by atoms with van der Waals surface area (Å²) in [7, 11) is 1.73. The first kappa shape index (κ1) is 23.8. The second kappa shape index (κ2) is 9.46. The van der Waals surface area contributed by atoms with E-state index in [0.29, 0.717) is 19.5 Å². The Labute approximate surface area is 199 Å². The standard InChI is InChI=1S/C26H31N3O5/c1-4-26(2,24(32)29-14-13-28(3)22(15-29)23(30)31)27-25(33)34-16-21-19-11-7-5-9-17(19)18-10-6-8-12-20(18)21/h5-12,21-22H,4,13-16H2,1-3H3,(H,27,33)(H,30,31). The van der Waals surface area contributed by atoms with Crippen molar-refractivity contribution in [3.05, 3.63) is 59.7 Å². The number of aliphatic carboxylic acids is 1. The molecule has 2 unspecified atom stereocenters. The first-order valence-electron chi connectivity index (χ1n) is 11.6. The number of nitrogens with zero attached hydrogens (tertiary/aromatic N) is 2. The van der Waals surface area contributed by atoms with Crippen LogP contribution in [-0.4, -0.2) is 77.7 Å². The molecule has 1 aliphatic carbocycles. The maximum absolute atomic E-state index is 13.3. The summed E-state index contributed by atoms with van der Waals surface area (Å²) in [4.78, 5) is 40.9. The quantitative estimate of drug-likeness (QED) is 0.681. The van der Waals surface area contributed by atoms with E-state index in [1.54, 1.807) is 18.9 Å². The van der Waals surface area contributed by atoms with Crippen LogP contribution in [0.2, 0.25) is 0 Å². The molecule has 0 radical (unpaired) electrons. The monoisotopic (exact) mass is 465 g/mol. The highest BCUT2D eigenvalue weighted by molar-refractivity contribution is 5.90. The molecule has 34 heavy (non-hydrogen) atoms. The van der Waals surface area contributed by atoms with Crippen LogP contribution in [0.4, 0.5) is 4.79 Å². The SMILES string of the molecule is CCC(C)(NC(=O)OCC1c2ccccc2-c2ccccc21)C(=O)N1CCN(C)C(C(=O)O)C1. The van der Waals surface area contributed by atoms with Crippen LogP contribution in [0.25, 0.3) is 11.1 Å². The van der Waals surface area contributed by atoms with Crippen LogP contribution in [0.1, 0.15) is 37.3 Å². The first-order chi connectivity index (χ1) is 16.2. The molecule has 4 rings (SSSR count). The van der Waals surface area contributed by atoms with E-state index >= 15 is 0 Å². The normalized spacial score (nSPS) is 19.6. The molecule has 8 heteroatoms. The van der Waals surface area contributed by atoms with E-state index in [9.17, 15) is 19.5 Å². The lowest BCUT2D eigenvalue weighted by molar-refractivity contribution is -0.149. The minimum atomic E-state index is -1.19. The summed E-state index contributed by atoms with van der Waals surface area (Å²) in [6.45, 7) is 4.56. The maximum Gasteiger partial charge on any atom is 0.408 e. The third-order valence-electron chi connectivity index (χ3n) is 7.12. The smallest absolute Gasteiger partial charge is 0.408 e. The van der Waals surface area contributed by atoms with Gasteiger partial charge in [0.05, 0.1) is 0 Å². The molecule has 1 aliphatic heterocycles. The number of rotatable bonds is 6. The number of fused-ring (bicyclic) bond motifs is 3. The lowest BCUT2D eigenvalue weighted by Crippen LogP contribution is -2.63. The summed E-state index contributed by atoms with van der Waals surface area (Å²) in [5.74, 6) is -1.35. The molecule has 2 aromatic rings. The Bertz CT molecular complexity index is 1060. The summed E-state index contributed by atoms with van der Waals surface area (Å²) in [6.07, 6.45) is -0.316. The van der Waals surface area contributed by atoms with Crippen LogP contribution in [0.5, 0.6) is 0 Å². The van der Waals surface area contributed by atoms with E-state index in [2.05, 4.69) is 17.4 Å². The van der Waals surface area contributed by atoms with Crippen molar-refractivity contribution in [2.75, 3.05) is 33.3 Å². The zero-order valence-corrected chi connectivity index (χ0v) is 19.8. The highest BCUT2D eigenvalue weighted by Gasteiger charge is 2.41. The van der Waals surface area contributed by atoms with E-state index in [1.807, 2.05) is 43.3 Å². The van der Waals surface area contributed by atoms with E-state index < -0.39 is 23.6 Å². The van der Waals surface area contributed by atoms with Gasteiger partial charge in [-0.2, -0.15) is 0 Å². The van der Waals surface area contributed by atoms with Gasteiger partial charge in [-0.3, -0.25) is 14.5 Å². The van der Waals surface area contributed by atoms with E-state index in [4.69, 9.17) is 4.74 Å². The van der Waals surface area contributed by atoms with Crippen molar-refractivity contribution in [3.63, 3.8) is 0 Å². The number of nitrogens with one attached hydrogen (secondary N) is 1. The maximum atomic E-state index is 13.3. The van der Waals surface area contributed by atoms with Crippen LogP contribution in [-0.2, 0) is 14.3 Å². The average molecular weight is 466 g/mol. The molecule has 0 saturated carbocycles. The topological polar surface area (TPSA) is 99.2 Å². The minimum absolute atomic E-state index is 0.0734. The van der Waals surface area contributed by atoms with Gasteiger partial charge in [-0.1, -0.05) is 55.5 Å². The van der Waals surface area contributed by atoms with E-state index in [1.165, 1.54) is 4.90 Å². The fourth-order valence-corrected chi connectivity index (χ4v) is 4.83. The van der Waals surface area contributed by atoms with Gasteiger partial charge >= 0.3 is 12.1 Å². The number of likely N-dealkylation sites (N-methyl/N-ethyl adjacent to an activating group) is 1. The number of benzene rings is 2. The Morgan fingerprint density at radius 2 is 1.65 bits per heavy atom. The number of carboxylic acid groups (broad SMARTS) is 1. The summed E-state index contributed by atoms with van der Waals surface area (Å²) >= 11 is 0. The second-order valence-electron chi connectivity index (χ2n) is 9.22.